The fraction of sp³-hybridized carbons (Fsp3) is 0.593. The van der Waals surface area contributed by atoms with Crippen molar-refractivity contribution in [2.75, 3.05) is 18.8 Å². The summed E-state index contributed by atoms with van der Waals surface area (Å²) in [6.45, 7) is 9.32. The number of Topliss-reactive ketones (excluding diaryl/α,β-unsaturated/α-hetero) is 1. The Morgan fingerprint density at radius 2 is 1.68 bits per heavy atom. The van der Waals surface area contributed by atoms with Gasteiger partial charge in [-0.05, 0) is 48.9 Å². The summed E-state index contributed by atoms with van der Waals surface area (Å²) in [6, 6.07) is 3.69. The number of nitrogens with one attached hydrogen (secondary N) is 2. The molecule has 4 N–H and O–H groups in total. The van der Waals surface area contributed by atoms with Crippen molar-refractivity contribution in [1.82, 2.24) is 20.4 Å². The van der Waals surface area contributed by atoms with Gasteiger partial charge in [-0.25, -0.2) is 0 Å². The van der Waals surface area contributed by atoms with Crippen LogP contribution in [0.15, 0.2) is 24.3 Å². The van der Waals surface area contributed by atoms with Gasteiger partial charge in [-0.1, -0.05) is 34.1 Å². The number of fused-ring (bicyclic) bond motifs is 1. The van der Waals surface area contributed by atoms with Crippen LogP contribution in [0.3, 0.4) is 0 Å². The van der Waals surface area contributed by atoms with Gasteiger partial charge < -0.3 is 26.2 Å². The van der Waals surface area contributed by atoms with Crippen LogP contribution in [-0.2, 0) is 19.2 Å². The largest absolute Gasteiger partial charge is 0.399 e. The summed E-state index contributed by atoms with van der Waals surface area (Å²) < 4.78 is 0. The first-order valence-electron chi connectivity index (χ1n) is 13.0. The summed E-state index contributed by atoms with van der Waals surface area (Å²) in [7, 11) is 0. The highest BCUT2D eigenvalue weighted by Gasteiger charge is 2.53. The number of nitrogens with zero attached hydrogens (tertiary/aromatic N) is 2. The molecule has 5 atom stereocenters. The van der Waals surface area contributed by atoms with E-state index < -0.39 is 30.1 Å². The number of benzene rings is 1. The van der Waals surface area contributed by atoms with Crippen LogP contribution in [0.1, 0.15) is 64.2 Å². The lowest BCUT2D eigenvalue weighted by molar-refractivity contribution is -0.139. The number of hydrogen-bond acceptors (Lipinski definition) is 6. The topological polar surface area (TPSA) is 142 Å². The van der Waals surface area contributed by atoms with E-state index >= 15 is 0 Å². The number of hydrogen-bond donors (Lipinski definition) is 3. The zero-order valence-electron chi connectivity index (χ0n) is 22.3. The fourth-order valence-corrected chi connectivity index (χ4v) is 5.21. The Bertz CT molecular complexity index is 1040. The van der Waals surface area contributed by atoms with Crippen molar-refractivity contribution in [2.45, 2.75) is 78.0 Å². The third kappa shape index (κ3) is 6.29. The Balaban J connectivity index is 1.78. The van der Waals surface area contributed by atoms with Crippen molar-refractivity contribution < 1.29 is 24.0 Å². The van der Waals surface area contributed by atoms with Crippen molar-refractivity contribution in [1.29, 1.82) is 0 Å². The Hall–Kier alpha value is -3.43. The minimum Gasteiger partial charge on any atom is -0.399 e. The molecule has 202 valence electrons. The minimum atomic E-state index is -0.811. The predicted molar refractivity (Wildman–Crippen MR) is 139 cm³/mol. The molecule has 0 aliphatic carbocycles. The van der Waals surface area contributed by atoms with Crippen LogP contribution < -0.4 is 16.4 Å². The Labute approximate surface area is 218 Å². The standard InChI is InChI=1S/C27H39N5O5/c1-6-16(4)23(29-17(5)33)27(37)32-14-22(34)24-21(32)11-12-31(24)26(36)20(13-15(2)3)30-25(35)18-7-9-19(28)10-8-18/h7-10,15-16,20-21,23-24H,6,11-14,28H2,1-5H3,(H,29,33)(H,30,35). The van der Waals surface area contributed by atoms with Crippen LogP contribution in [-0.4, -0.2) is 76.5 Å². The van der Waals surface area contributed by atoms with E-state index in [2.05, 4.69) is 10.6 Å². The highest BCUT2D eigenvalue weighted by molar-refractivity contribution is 6.01. The zero-order chi connectivity index (χ0) is 27.4. The van der Waals surface area contributed by atoms with Crippen LogP contribution in [0, 0.1) is 11.8 Å². The molecule has 1 aromatic carbocycles. The fourth-order valence-electron chi connectivity index (χ4n) is 5.21. The van der Waals surface area contributed by atoms with Crippen LogP contribution >= 0.6 is 0 Å². The molecule has 2 fully saturated rings. The number of ketones is 1. The van der Waals surface area contributed by atoms with E-state index in [4.69, 9.17) is 5.73 Å². The van der Waals surface area contributed by atoms with Gasteiger partial charge in [-0.3, -0.25) is 24.0 Å². The molecule has 3 rings (SSSR count). The summed E-state index contributed by atoms with van der Waals surface area (Å²) >= 11 is 0. The number of amides is 4. The van der Waals surface area contributed by atoms with Gasteiger partial charge in [0.25, 0.3) is 5.91 Å². The molecule has 2 heterocycles. The quantitative estimate of drug-likeness (QED) is 0.426. The number of carbonyl (C=O) groups excluding carboxylic acids is 5. The first kappa shape index (κ1) is 28.1. The number of nitrogens with two attached hydrogens (primary N) is 1. The molecule has 5 unspecified atom stereocenters. The third-order valence-corrected chi connectivity index (χ3v) is 7.31. The van der Waals surface area contributed by atoms with E-state index in [9.17, 15) is 24.0 Å². The van der Waals surface area contributed by atoms with Crippen molar-refractivity contribution in [3.63, 3.8) is 0 Å². The molecular formula is C27H39N5O5. The molecule has 0 spiro atoms. The van der Waals surface area contributed by atoms with Gasteiger partial charge in [-0.2, -0.15) is 0 Å². The molecule has 2 saturated heterocycles. The highest BCUT2D eigenvalue weighted by atomic mass is 16.2. The molecule has 4 amide bonds. The van der Waals surface area contributed by atoms with E-state index in [1.54, 1.807) is 24.3 Å². The van der Waals surface area contributed by atoms with Gasteiger partial charge in [0, 0.05) is 24.7 Å². The molecule has 37 heavy (non-hydrogen) atoms. The van der Waals surface area contributed by atoms with Crippen LogP contribution in [0.2, 0.25) is 0 Å². The van der Waals surface area contributed by atoms with E-state index in [0.717, 1.165) is 0 Å². The maximum Gasteiger partial charge on any atom is 0.251 e. The molecule has 0 bridgehead atoms. The second-order valence-corrected chi connectivity index (χ2v) is 10.6. The lowest BCUT2D eigenvalue weighted by Gasteiger charge is -2.31. The molecule has 0 radical (unpaired) electrons. The Morgan fingerprint density at radius 1 is 1.03 bits per heavy atom. The lowest BCUT2D eigenvalue weighted by atomic mass is 9.97. The highest BCUT2D eigenvalue weighted by Crippen LogP contribution is 2.32. The zero-order valence-corrected chi connectivity index (χ0v) is 22.3. The second kappa shape index (κ2) is 11.7. The first-order chi connectivity index (χ1) is 17.4. The average molecular weight is 514 g/mol. The molecule has 10 nitrogen and oxygen atoms in total. The van der Waals surface area contributed by atoms with Crippen molar-refractivity contribution >= 4 is 35.1 Å². The third-order valence-electron chi connectivity index (χ3n) is 7.31. The van der Waals surface area contributed by atoms with Gasteiger partial charge in [-0.15, -0.1) is 0 Å². The maximum atomic E-state index is 13.7. The van der Waals surface area contributed by atoms with Gasteiger partial charge in [0.15, 0.2) is 5.78 Å². The lowest BCUT2D eigenvalue weighted by Crippen LogP contribution is -2.54. The van der Waals surface area contributed by atoms with Crippen LogP contribution in [0.4, 0.5) is 5.69 Å². The SMILES string of the molecule is CCC(C)C(NC(C)=O)C(=O)N1CC(=O)C2C1CCN2C(=O)C(CC(C)C)NC(=O)c1ccc(N)cc1. The minimum absolute atomic E-state index is 0.100. The predicted octanol–water partition coefficient (Wildman–Crippen LogP) is 1.34. The van der Waals surface area contributed by atoms with E-state index in [1.165, 1.54) is 16.7 Å². The molecule has 2 aliphatic rings. The summed E-state index contributed by atoms with van der Waals surface area (Å²) in [4.78, 5) is 67.9. The summed E-state index contributed by atoms with van der Waals surface area (Å²) in [5.74, 6) is -1.52. The van der Waals surface area contributed by atoms with Gasteiger partial charge in [0.05, 0.1) is 12.6 Å². The smallest absolute Gasteiger partial charge is 0.251 e. The average Bonchev–Trinajstić information content (AvgIpc) is 3.42. The summed E-state index contributed by atoms with van der Waals surface area (Å²) in [6.07, 6.45) is 1.55. The number of anilines is 1. The molecule has 2 aliphatic heterocycles. The number of carbonyl (C=O) groups is 5. The van der Waals surface area contributed by atoms with Crippen molar-refractivity contribution in [2.24, 2.45) is 11.8 Å². The summed E-state index contributed by atoms with van der Waals surface area (Å²) in [5.41, 5.74) is 6.63. The molecular weight excluding hydrogens is 474 g/mol. The molecule has 10 heteroatoms. The molecule has 1 aromatic rings. The van der Waals surface area contributed by atoms with Crippen LogP contribution in [0.25, 0.3) is 0 Å². The van der Waals surface area contributed by atoms with Gasteiger partial charge in [0.2, 0.25) is 17.7 Å². The van der Waals surface area contributed by atoms with E-state index in [0.29, 0.717) is 37.1 Å². The number of rotatable bonds is 9. The van der Waals surface area contributed by atoms with E-state index in [-0.39, 0.29) is 41.9 Å². The molecule has 0 aromatic heterocycles. The van der Waals surface area contributed by atoms with Gasteiger partial charge in [0.1, 0.15) is 18.1 Å². The van der Waals surface area contributed by atoms with E-state index in [1.807, 2.05) is 27.7 Å². The summed E-state index contributed by atoms with van der Waals surface area (Å²) in [5, 5.41) is 5.58. The maximum absolute atomic E-state index is 13.7. The van der Waals surface area contributed by atoms with Gasteiger partial charge >= 0.3 is 0 Å². The Kier molecular flexibility index (Phi) is 8.94. The normalized spacial score (nSPS) is 21.4. The Morgan fingerprint density at radius 3 is 2.24 bits per heavy atom. The molecule has 0 saturated carbocycles. The van der Waals surface area contributed by atoms with Crippen molar-refractivity contribution in [3.8, 4) is 0 Å². The van der Waals surface area contributed by atoms with Crippen molar-refractivity contribution in [3.05, 3.63) is 29.8 Å². The number of nitrogen functional groups attached to an aromatic ring is 1. The number of likely N-dealkylation sites (tertiary alicyclic amines) is 2. The second-order valence-electron chi connectivity index (χ2n) is 10.6. The van der Waals surface area contributed by atoms with Crippen LogP contribution in [0.5, 0.6) is 0 Å². The monoisotopic (exact) mass is 513 g/mol. The first-order valence-corrected chi connectivity index (χ1v) is 13.0.